The minimum Gasteiger partial charge on any atom is -0.366 e. The van der Waals surface area contributed by atoms with E-state index in [4.69, 9.17) is 5.26 Å². The predicted octanol–water partition coefficient (Wildman–Crippen LogP) is 2.02. The summed E-state index contributed by atoms with van der Waals surface area (Å²) in [7, 11) is 0. The Morgan fingerprint density at radius 2 is 2.17 bits per heavy atom. The van der Waals surface area contributed by atoms with Gasteiger partial charge in [-0.3, -0.25) is 0 Å². The normalized spacial score (nSPS) is 25.2. The van der Waals surface area contributed by atoms with Gasteiger partial charge in [0.1, 0.15) is 17.3 Å². The molecule has 2 aliphatic rings. The van der Waals surface area contributed by atoms with Gasteiger partial charge in [0.2, 0.25) is 5.95 Å². The molecule has 2 aromatic rings. The second kappa shape index (κ2) is 5.56. The lowest BCUT2D eigenvalue weighted by molar-refractivity contribution is 0.0870. The van der Waals surface area contributed by atoms with Crippen molar-refractivity contribution in [3.8, 4) is 6.07 Å². The maximum absolute atomic E-state index is 9.15. The summed E-state index contributed by atoms with van der Waals surface area (Å²) in [6.45, 7) is 5.20. The third-order valence-electron chi connectivity index (χ3n) is 4.82. The molecular weight excluding hydrogens is 302 g/mol. The first-order chi connectivity index (χ1) is 11.6. The molecule has 3 heterocycles. The molecule has 1 aliphatic carbocycles. The molecule has 1 saturated carbocycles. The van der Waals surface area contributed by atoms with E-state index < -0.39 is 0 Å². The molecule has 4 rings (SSSR count). The second-order valence-electron chi connectivity index (χ2n) is 7.11. The lowest BCUT2D eigenvalue weighted by Gasteiger charge is -2.54. The number of hydrogen-bond acceptors (Lipinski definition) is 7. The van der Waals surface area contributed by atoms with Crippen molar-refractivity contribution in [1.29, 1.82) is 5.26 Å². The molecule has 1 saturated heterocycles. The molecule has 0 aromatic carbocycles. The molecule has 3 N–H and O–H groups in total. The molecule has 1 spiro atoms. The molecule has 2 fully saturated rings. The average molecular weight is 323 g/mol. The fraction of sp³-hybridized carbons (Fsp3) is 0.529. The molecule has 2 aromatic heterocycles. The van der Waals surface area contributed by atoms with Crippen LogP contribution in [0.1, 0.15) is 38.8 Å². The topological polar surface area (TPSA) is 98.5 Å². The van der Waals surface area contributed by atoms with Crippen molar-refractivity contribution in [1.82, 2.24) is 20.3 Å². The molecule has 0 unspecified atom stereocenters. The van der Waals surface area contributed by atoms with Crippen LogP contribution < -0.4 is 16.0 Å². The van der Waals surface area contributed by atoms with E-state index in [9.17, 15) is 0 Å². The molecule has 1 aliphatic heterocycles. The van der Waals surface area contributed by atoms with E-state index in [0.29, 0.717) is 29.0 Å². The van der Waals surface area contributed by atoms with Crippen LogP contribution in [-0.4, -0.2) is 39.1 Å². The molecule has 124 valence electrons. The van der Waals surface area contributed by atoms with Gasteiger partial charge < -0.3 is 16.0 Å². The first-order valence-electron chi connectivity index (χ1n) is 8.43. The molecule has 7 nitrogen and oxygen atoms in total. The highest BCUT2D eigenvalue weighted by Gasteiger charge is 2.48. The summed E-state index contributed by atoms with van der Waals surface area (Å²) < 4.78 is 0. The third-order valence-corrected chi connectivity index (χ3v) is 4.82. The highest BCUT2D eigenvalue weighted by molar-refractivity contribution is 5.89. The van der Waals surface area contributed by atoms with Crippen molar-refractivity contribution in [2.24, 2.45) is 0 Å². The van der Waals surface area contributed by atoms with Gasteiger partial charge in [-0.1, -0.05) is 0 Å². The molecule has 24 heavy (non-hydrogen) atoms. The number of nitrogens with one attached hydrogen (secondary N) is 3. The predicted molar refractivity (Wildman–Crippen MR) is 92.8 cm³/mol. The summed E-state index contributed by atoms with van der Waals surface area (Å²) >= 11 is 0. The van der Waals surface area contributed by atoms with E-state index in [0.717, 1.165) is 30.3 Å². The van der Waals surface area contributed by atoms with Crippen molar-refractivity contribution >= 4 is 22.7 Å². The van der Waals surface area contributed by atoms with Crippen LogP contribution in [0.2, 0.25) is 0 Å². The second-order valence-corrected chi connectivity index (χ2v) is 7.11. The van der Waals surface area contributed by atoms with Gasteiger partial charge in [0.05, 0.1) is 0 Å². The van der Waals surface area contributed by atoms with Crippen LogP contribution in [0.25, 0.3) is 10.9 Å². The number of hydrogen-bond donors (Lipinski definition) is 3. The van der Waals surface area contributed by atoms with Crippen molar-refractivity contribution in [2.75, 3.05) is 17.2 Å². The van der Waals surface area contributed by atoms with Crippen LogP contribution in [0, 0.1) is 11.3 Å². The summed E-state index contributed by atoms with van der Waals surface area (Å²) in [6.07, 6.45) is 5.27. The first kappa shape index (κ1) is 15.1. The fourth-order valence-corrected chi connectivity index (χ4v) is 3.54. The zero-order valence-electron chi connectivity index (χ0n) is 13.9. The van der Waals surface area contributed by atoms with Gasteiger partial charge in [-0.2, -0.15) is 5.26 Å². The first-order valence-corrected chi connectivity index (χ1v) is 8.43. The van der Waals surface area contributed by atoms with E-state index in [1.807, 2.05) is 13.8 Å². The summed E-state index contributed by atoms with van der Waals surface area (Å²) in [6, 6.07) is 4.44. The highest BCUT2D eigenvalue weighted by atomic mass is 15.2. The molecule has 7 heteroatoms. The van der Waals surface area contributed by atoms with Crippen molar-refractivity contribution in [3.63, 3.8) is 0 Å². The monoisotopic (exact) mass is 323 g/mol. The Labute approximate surface area is 140 Å². The average Bonchev–Trinajstić information content (AvgIpc) is 2.48. The fourth-order valence-electron chi connectivity index (χ4n) is 3.54. The van der Waals surface area contributed by atoms with Crippen LogP contribution in [0.3, 0.4) is 0 Å². The highest BCUT2D eigenvalue weighted by Crippen LogP contribution is 2.40. The number of nitrogens with zero attached hydrogens (tertiary/aromatic N) is 4. The molecule has 0 radical (unpaired) electrons. The molecule has 0 bridgehead atoms. The van der Waals surface area contributed by atoms with E-state index in [2.05, 4.69) is 37.0 Å². The van der Waals surface area contributed by atoms with E-state index >= 15 is 0 Å². The Bertz CT molecular complexity index is 812. The Hall–Kier alpha value is -2.46. The number of rotatable bonds is 4. The number of anilines is 2. The summed E-state index contributed by atoms with van der Waals surface area (Å²) in [5.41, 5.74) is 1.49. The Balaban J connectivity index is 1.60. The van der Waals surface area contributed by atoms with Crippen LogP contribution in [0.5, 0.6) is 0 Å². The van der Waals surface area contributed by atoms with Gasteiger partial charge in [0.15, 0.2) is 5.82 Å². The van der Waals surface area contributed by atoms with Gasteiger partial charge in [-0.15, -0.1) is 0 Å². The van der Waals surface area contributed by atoms with E-state index in [1.165, 1.54) is 6.42 Å². The molecule has 0 atom stereocenters. The zero-order valence-corrected chi connectivity index (χ0v) is 13.9. The van der Waals surface area contributed by atoms with Crippen LogP contribution in [0.4, 0.5) is 11.8 Å². The lowest BCUT2D eigenvalue weighted by Crippen LogP contribution is -2.67. The van der Waals surface area contributed by atoms with E-state index in [-0.39, 0.29) is 6.04 Å². The van der Waals surface area contributed by atoms with Gasteiger partial charge in [0, 0.05) is 29.2 Å². The molecule has 0 amide bonds. The summed E-state index contributed by atoms with van der Waals surface area (Å²) in [5.74, 6) is 1.26. The van der Waals surface area contributed by atoms with Crippen molar-refractivity contribution in [3.05, 3.63) is 18.0 Å². The Morgan fingerprint density at radius 3 is 2.79 bits per heavy atom. The summed E-state index contributed by atoms with van der Waals surface area (Å²) in [5, 5.41) is 20.2. The quantitative estimate of drug-likeness (QED) is 0.791. The van der Waals surface area contributed by atoms with Crippen LogP contribution in [0.15, 0.2) is 12.3 Å². The zero-order chi connectivity index (χ0) is 16.7. The van der Waals surface area contributed by atoms with E-state index in [1.54, 1.807) is 12.3 Å². The Morgan fingerprint density at radius 1 is 1.38 bits per heavy atom. The smallest absolute Gasteiger partial charge is 0.223 e. The van der Waals surface area contributed by atoms with Gasteiger partial charge in [0.25, 0.3) is 0 Å². The minimum absolute atomic E-state index is 0.206. The summed E-state index contributed by atoms with van der Waals surface area (Å²) in [4.78, 5) is 13.4. The standard InChI is InChI=1S/C17H21N7/c1-10(2)21-15-14-11(5-12(8-18)22-15)9-19-16(24-14)23-13-6-17(7-13)3-4-20-17/h5,9-10,13,20H,3-4,6-7H2,1-2H3,(H,21,22)(H,19,23,24)/t13-,17-. The van der Waals surface area contributed by atoms with Gasteiger partial charge in [-0.05, 0) is 45.7 Å². The van der Waals surface area contributed by atoms with Crippen LogP contribution >= 0.6 is 0 Å². The van der Waals surface area contributed by atoms with Crippen LogP contribution in [-0.2, 0) is 0 Å². The number of aromatic nitrogens is 3. The number of pyridine rings is 1. The lowest BCUT2D eigenvalue weighted by atomic mass is 9.66. The SMILES string of the molecule is CC(C)Nc1nc(C#N)cc2cnc(N[C@H]3C[C@@]4(CCN4)C3)nc12. The van der Waals surface area contributed by atoms with Gasteiger partial charge in [-0.25, -0.2) is 15.0 Å². The maximum Gasteiger partial charge on any atom is 0.223 e. The molecular formula is C17H21N7. The number of fused-ring (bicyclic) bond motifs is 1. The minimum atomic E-state index is 0.206. The number of nitriles is 1. The third kappa shape index (κ3) is 2.63. The van der Waals surface area contributed by atoms with Gasteiger partial charge >= 0.3 is 0 Å². The largest absolute Gasteiger partial charge is 0.366 e. The maximum atomic E-state index is 9.15. The Kier molecular flexibility index (Phi) is 3.50. The van der Waals surface area contributed by atoms with Crippen molar-refractivity contribution < 1.29 is 0 Å². The van der Waals surface area contributed by atoms with Crippen molar-refractivity contribution in [2.45, 2.75) is 50.7 Å².